The molecule has 152 valence electrons. The highest BCUT2D eigenvalue weighted by molar-refractivity contribution is 5.92. The standard InChI is InChI=1S/C19H20F2N6O2/c1-29-9-17(28)25-16-7-24-26-18(16)11-3-2-4-27(8-11)19-12-5-13(20)14(21)6-15(12)22-10-23-19/h5-7,10-11H,2-4,8-9H2,1H3,(H,24,26)(H,25,28)/t11-/m1/s1. The molecule has 1 fully saturated rings. The molecule has 1 saturated heterocycles. The average Bonchev–Trinajstić information content (AvgIpc) is 3.17. The van der Waals surface area contributed by atoms with Crippen molar-refractivity contribution in [2.24, 2.45) is 0 Å². The van der Waals surface area contributed by atoms with E-state index in [1.807, 2.05) is 4.90 Å². The lowest BCUT2D eigenvalue weighted by molar-refractivity contribution is -0.119. The average molecular weight is 402 g/mol. The Bertz CT molecular complexity index is 1040. The highest BCUT2D eigenvalue weighted by Gasteiger charge is 2.27. The van der Waals surface area contributed by atoms with Crippen LogP contribution in [0.2, 0.25) is 0 Å². The number of carbonyl (C=O) groups is 1. The maximum atomic E-state index is 13.8. The number of nitrogens with one attached hydrogen (secondary N) is 2. The lowest BCUT2D eigenvalue weighted by Crippen LogP contribution is -2.35. The van der Waals surface area contributed by atoms with E-state index in [4.69, 9.17) is 4.74 Å². The molecule has 3 aromatic rings. The van der Waals surface area contributed by atoms with E-state index >= 15 is 0 Å². The number of nitrogens with zero attached hydrogens (tertiary/aromatic N) is 4. The lowest BCUT2D eigenvalue weighted by Gasteiger charge is -2.34. The molecule has 1 aliphatic rings. The summed E-state index contributed by atoms with van der Waals surface area (Å²) in [6.45, 7) is 1.26. The number of fused-ring (bicyclic) bond motifs is 1. The SMILES string of the molecule is COCC(=O)Nc1cn[nH]c1[C@@H]1CCCN(c2ncnc3cc(F)c(F)cc23)C1. The molecule has 1 amide bonds. The fourth-order valence-corrected chi connectivity index (χ4v) is 3.72. The summed E-state index contributed by atoms with van der Waals surface area (Å²) in [7, 11) is 1.45. The summed E-state index contributed by atoms with van der Waals surface area (Å²) >= 11 is 0. The van der Waals surface area contributed by atoms with Crippen LogP contribution in [-0.2, 0) is 9.53 Å². The molecule has 29 heavy (non-hydrogen) atoms. The van der Waals surface area contributed by atoms with Crippen LogP contribution in [0.5, 0.6) is 0 Å². The smallest absolute Gasteiger partial charge is 0.250 e. The summed E-state index contributed by atoms with van der Waals surface area (Å²) in [5.41, 5.74) is 1.78. The van der Waals surface area contributed by atoms with Crippen LogP contribution < -0.4 is 10.2 Å². The molecule has 2 N–H and O–H groups in total. The van der Waals surface area contributed by atoms with Crippen molar-refractivity contribution in [3.63, 3.8) is 0 Å². The van der Waals surface area contributed by atoms with E-state index in [0.717, 1.165) is 37.2 Å². The van der Waals surface area contributed by atoms with Crippen LogP contribution in [0, 0.1) is 11.6 Å². The zero-order chi connectivity index (χ0) is 20.4. The Balaban J connectivity index is 1.60. The second kappa shape index (κ2) is 8.08. The molecule has 0 aliphatic carbocycles. The van der Waals surface area contributed by atoms with Crippen LogP contribution in [0.1, 0.15) is 24.5 Å². The molecule has 1 aliphatic heterocycles. The number of benzene rings is 1. The maximum Gasteiger partial charge on any atom is 0.250 e. The summed E-state index contributed by atoms with van der Waals surface area (Å²) in [6.07, 6.45) is 4.67. The van der Waals surface area contributed by atoms with Crippen molar-refractivity contribution in [1.29, 1.82) is 0 Å². The van der Waals surface area contributed by atoms with Gasteiger partial charge in [0.15, 0.2) is 11.6 Å². The van der Waals surface area contributed by atoms with Crippen molar-refractivity contribution in [2.75, 3.05) is 37.0 Å². The molecule has 4 rings (SSSR count). The minimum absolute atomic E-state index is 0.0452. The number of piperidine rings is 1. The monoisotopic (exact) mass is 402 g/mol. The minimum Gasteiger partial charge on any atom is -0.375 e. The van der Waals surface area contributed by atoms with Gasteiger partial charge in [0, 0.05) is 37.6 Å². The molecule has 0 radical (unpaired) electrons. The number of methoxy groups -OCH3 is 1. The van der Waals surface area contributed by atoms with Crippen molar-refractivity contribution in [3.8, 4) is 0 Å². The molecule has 0 saturated carbocycles. The first-order chi connectivity index (χ1) is 14.1. The van der Waals surface area contributed by atoms with E-state index in [1.165, 1.54) is 13.4 Å². The molecule has 10 heteroatoms. The van der Waals surface area contributed by atoms with Gasteiger partial charge in [-0.25, -0.2) is 18.7 Å². The van der Waals surface area contributed by atoms with E-state index in [2.05, 4.69) is 25.5 Å². The first kappa shape index (κ1) is 19.2. The van der Waals surface area contributed by atoms with Gasteiger partial charge in [-0.3, -0.25) is 9.89 Å². The third-order valence-corrected chi connectivity index (χ3v) is 5.00. The molecule has 0 bridgehead atoms. The van der Waals surface area contributed by atoms with Crippen molar-refractivity contribution in [2.45, 2.75) is 18.8 Å². The van der Waals surface area contributed by atoms with Gasteiger partial charge in [0.05, 0.1) is 23.1 Å². The maximum absolute atomic E-state index is 13.8. The van der Waals surface area contributed by atoms with Crippen molar-refractivity contribution < 1.29 is 18.3 Å². The molecular formula is C19H20F2N6O2. The number of halogens is 2. The number of amides is 1. The van der Waals surface area contributed by atoms with Crippen molar-refractivity contribution >= 4 is 28.3 Å². The van der Waals surface area contributed by atoms with E-state index in [1.54, 1.807) is 6.20 Å². The Hall–Kier alpha value is -3.14. The van der Waals surface area contributed by atoms with Gasteiger partial charge in [0.2, 0.25) is 5.91 Å². The van der Waals surface area contributed by atoms with Crippen LogP contribution in [0.4, 0.5) is 20.3 Å². The summed E-state index contributed by atoms with van der Waals surface area (Å²) in [6, 6.07) is 2.21. The van der Waals surface area contributed by atoms with Gasteiger partial charge >= 0.3 is 0 Å². The van der Waals surface area contributed by atoms with Gasteiger partial charge in [-0.2, -0.15) is 5.10 Å². The zero-order valence-corrected chi connectivity index (χ0v) is 15.8. The first-order valence-corrected chi connectivity index (χ1v) is 9.23. The van der Waals surface area contributed by atoms with E-state index < -0.39 is 11.6 Å². The molecule has 1 aromatic carbocycles. The van der Waals surface area contributed by atoms with Crippen LogP contribution in [0.15, 0.2) is 24.7 Å². The highest BCUT2D eigenvalue weighted by atomic mass is 19.2. The number of hydrogen-bond acceptors (Lipinski definition) is 6. The third kappa shape index (κ3) is 3.88. The summed E-state index contributed by atoms with van der Waals surface area (Å²) in [5, 5.41) is 10.3. The number of carbonyl (C=O) groups excluding carboxylic acids is 1. The first-order valence-electron chi connectivity index (χ1n) is 9.23. The van der Waals surface area contributed by atoms with E-state index in [0.29, 0.717) is 29.0 Å². The summed E-state index contributed by atoms with van der Waals surface area (Å²) < 4.78 is 32.2. The largest absolute Gasteiger partial charge is 0.375 e. The summed E-state index contributed by atoms with van der Waals surface area (Å²) in [5.74, 6) is -1.52. The van der Waals surface area contributed by atoms with Crippen LogP contribution in [0.25, 0.3) is 10.9 Å². The van der Waals surface area contributed by atoms with Gasteiger partial charge in [0.1, 0.15) is 18.8 Å². The van der Waals surface area contributed by atoms with Gasteiger partial charge in [-0.05, 0) is 18.9 Å². The topological polar surface area (TPSA) is 96.0 Å². The molecule has 3 heterocycles. The molecule has 0 spiro atoms. The minimum atomic E-state index is -0.937. The predicted octanol–water partition coefficient (Wildman–Crippen LogP) is 2.60. The van der Waals surface area contributed by atoms with Gasteiger partial charge in [0.25, 0.3) is 0 Å². The number of aromatic amines is 1. The molecule has 1 atom stereocenters. The van der Waals surface area contributed by atoms with Crippen molar-refractivity contribution in [1.82, 2.24) is 20.2 Å². The van der Waals surface area contributed by atoms with Gasteiger partial charge in [-0.1, -0.05) is 0 Å². The second-order valence-corrected chi connectivity index (χ2v) is 6.94. The van der Waals surface area contributed by atoms with E-state index in [9.17, 15) is 13.6 Å². The quantitative estimate of drug-likeness (QED) is 0.681. The Morgan fingerprint density at radius 1 is 1.34 bits per heavy atom. The molecular weight excluding hydrogens is 382 g/mol. The summed E-state index contributed by atoms with van der Waals surface area (Å²) in [4.78, 5) is 22.3. The predicted molar refractivity (Wildman–Crippen MR) is 103 cm³/mol. The number of aromatic nitrogens is 4. The number of rotatable bonds is 5. The Labute approximate surface area is 165 Å². The normalized spacial score (nSPS) is 16.9. The molecule has 0 unspecified atom stereocenters. The fraction of sp³-hybridized carbons (Fsp3) is 0.368. The van der Waals surface area contributed by atoms with E-state index in [-0.39, 0.29) is 18.4 Å². The van der Waals surface area contributed by atoms with Gasteiger partial charge in [-0.15, -0.1) is 0 Å². The fourth-order valence-electron chi connectivity index (χ4n) is 3.72. The molecule has 2 aromatic heterocycles. The zero-order valence-electron chi connectivity index (χ0n) is 15.8. The Kier molecular flexibility index (Phi) is 5.34. The van der Waals surface area contributed by atoms with Crippen LogP contribution in [0.3, 0.4) is 0 Å². The number of ether oxygens (including phenoxy) is 1. The van der Waals surface area contributed by atoms with Gasteiger partial charge < -0.3 is 15.0 Å². The number of anilines is 2. The Morgan fingerprint density at radius 3 is 3.00 bits per heavy atom. The molecule has 8 nitrogen and oxygen atoms in total. The highest BCUT2D eigenvalue weighted by Crippen LogP contribution is 2.34. The lowest BCUT2D eigenvalue weighted by atomic mass is 9.93. The number of hydrogen-bond donors (Lipinski definition) is 2. The Morgan fingerprint density at radius 2 is 2.17 bits per heavy atom. The second-order valence-electron chi connectivity index (χ2n) is 6.94. The van der Waals surface area contributed by atoms with Crippen LogP contribution >= 0.6 is 0 Å². The number of H-pyrrole nitrogens is 1. The van der Waals surface area contributed by atoms with Crippen LogP contribution in [-0.4, -0.2) is 52.9 Å². The van der Waals surface area contributed by atoms with Crippen molar-refractivity contribution in [3.05, 3.63) is 42.0 Å². The third-order valence-electron chi connectivity index (χ3n) is 5.00.